The molecule has 0 bridgehead atoms. The van der Waals surface area contributed by atoms with Crippen molar-refractivity contribution in [1.29, 1.82) is 0 Å². The van der Waals surface area contributed by atoms with Crippen molar-refractivity contribution in [3.63, 3.8) is 0 Å². The molecule has 5 fully saturated rings. The van der Waals surface area contributed by atoms with Crippen LogP contribution in [0.15, 0.2) is 27.6 Å². The number of aliphatic hydroxyl groups excluding tert-OH is 2. The van der Waals surface area contributed by atoms with Crippen LogP contribution in [-0.4, -0.2) is 34.1 Å². The third-order valence-corrected chi connectivity index (χ3v) is 10.2. The van der Waals surface area contributed by atoms with E-state index in [1.165, 1.54) is 6.07 Å². The highest BCUT2D eigenvalue weighted by atomic mass is 16.6. The van der Waals surface area contributed by atoms with Crippen molar-refractivity contribution < 1.29 is 19.4 Å². The quantitative estimate of drug-likeness (QED) is 0.707. The zero-order valence-corrected chi connectivity index (χ0v) is 17.3. The first-order chi connectivity index (χ1) is 13.8. The number of hydrogen-bond acceptors (Lipinski definition) is 5. The number of aliphatic hydroxyl groups is 2. The predicted octanol–water partition coefficient (Wildman–Crippen LogP) is 3.23. The molecule has 1 aromatic heterocycles. The third-order valence-electron chi connectivity index (χ3n) is 10.2. The van der Waals surface area contributed by atoms with Gasteiger partial charge in [0.15, 0.2) is 0 Å². The molecule has 1 aliphatic heterocycles. The van der Waals surface area contributed by atoms with Crippen molar-refractivity contribution in [2.75, 3.05) is 0 Å². The van der Waals surface area contributed by atoms with E-state index in [1.807, 2.05) is 6.07 Å². The lowest BCUT2D eigenvalue weighted by Crippen LogP contribution is -2.58. The van der Waals surface area contributed by atoms with Gasteiger partial charge >= 0.3 is 5.63 Å². The van der Waals surface area contributed by atoms with E-state index in [9.17, 15) is 15.0 Å². The van der Waals surface area contributed by atoms with Crippen LogP contribution in [-0.2, 0) is 4.74 Å². The summed E-state index contributed by atoms with van der Waals surface area (Å²) in [5, 5.41) is 21.5. The summed E-state index contributed by atoms with van der Waals surface area (Å²) in [6.07, 6.45) is 8.19. The molecule has 1 aromatic rings. The Bertz CT molecular complexity index is 875. The lowest BCUT2D eigenvalue weighted by molar-refractivity contribution is -0.143. The van der Waals surface area contributed by atoms with E-state index < -0.39 is 6.10 Å². The molecule has 4 saturated carbocycles. The topological polar surface area (TPSA) is 83.2 Å². The molecule has 10 atom stereocenters. The van der Waals surface area contributed by atoms with Crippen LogP contribution in [0.2, 0.25) is 0 Å². The second-order valence-corrected chi connectivity index (χ2v) is 11.1. The monoisotopic (exact) mass is 400 g/mol. The Morgan fingerprint density at radius 1 is 1.03 bits per heavy atom. The lowest BCUT2D eigenvalue weighted by Gasteiger charge is -2.61. The van der Waals surface area contributed by atoms with E-state index in [-0.39, 0.29) is 40.2 Å². The van der Waals surface area contributed by atoms with E-state index >= 15 is 0 Å². The molecule has 4 aliphatic carbocycles. The van der Waals surface area contributed by atoms with Crippen LogP contribution >= 0.6 is 0 Å². The second kappa shape index (κ2) is 5.74. The molecule has 2 N–H and O–H groups in total. The minimum absolute atomic E-state index is 0.0507. The molecule has 6 rings (SSSR count). The number of fused-ring (bicyclic) bond motifs is 3. The van der Waals surface area contributed by atoms with Crippen molar-refractivity contribution in [2.24, 2.45) is 28.6 Å². The van der Waals surface area contributed by atoms with Gasteiger partial charge in [-0.15, -0.1) is 0 Å². The van der Waals surface area contributed by atoms with Crippen molar-refractivity contribution in [3.8, 4) is 0 Å². The van der Waals surface area contributed by atoms with Crippen LogP contribution in [0.3, 0.4) is 0 Å². The maximum Gasteiger partial charge on any atom is 0.335 e. The summed E-state index contributed by atoms with van der Waals surface area (Å²) >= 11 is 0. The van der Waals surface area contributed by atoms with Gasteiger partial charge in [-0.2, -0.15) is 0 Å². The normalized spacial score (nSPS) is 55.4. The first-order valence-electron chi connectivity index (χ1n) is 11.4. The van der Waals surface area contributed by atoms with Crippen molar-refractivity contribution in [2.45, 2.75) is 88.6 Å². The average molecular weight is 401 g/mol. The average Bonchev–Trinajstić information content (AvgIpc) is 3.40. The lowest BCUT2D eigenvalue weighted by atomic mass is 9.44. The third kappa shape index (κ3) is 2.14. The molecule has 2 heterocycles. The number of hydrogen-bond donors (Lipinski definition) is 2. The van der Waals surface area contributed by atoms with E-state index in [2.05, 4.69) is 13.8 Å². The van der Waals surface area contributed by atoms with Crippen LogP contribution in [0.25, 0.3) is 0 Å². The van der Waals surface area contributed by atoms with Crippen LogP contribution in [0.1, 0.15) is 70.3 Å². The van der Waals surface area contributed by atoms with E-state index in [0.29, 0.717) is 17.8 Å². The van der Waals surface area contributed by atoms with Crippen LogP contribution in [0.4, 0.5) is 0 Å². The molecule has 0 aromatic carbocycles. The van der Waals surface area contributed by atoms with Crippen LogP contribution in [0, 0.1) is 28.6 Å². The molecule has 29 heavy (non-hydrogen) atoms. The van der Waals surface area contributed by atoms with Gasteiger partial charge in [-0.3, -0.25) is 0 Å². The van der Waals surface area contributed by atoms with E-state index in [4.69, 9.17) is 9.15 Å². The Kier molecular flexibility index (Phi) is 3.68. The van der Waals surface area contributed by atoms with Gasteiger partial charge in [0.25, 0.3) is 0 Å². The minimum Gasteiger partial charge on any atom is -0.431 e. The zero-order valence-electron chi connectivity index (χ0n) is 17.3. The standard InChI is InChI=1S/C24H32O5/c1-22-9-7-15(25)11-14(22)4-5-17-16(22)8-10-23(2)19(13-3-6-18(26)28-12-13)20(27)21-24(17,23)29-21/h3,6,12,14-17,19-21,25,27H,4-5,7-11H2,1-2H3/t14-,15+,16-,17-,19+,20-,21-,22+,23-,24-/m1/s1. The molecule has 0 amide bonds. The largest absolute Gasteiger partial charge is 0.431 e. The van der Waals surface area contributed by atoms with Crippen LogP contribution < -0.4 is 5.63 Å². The highest BCUT2D eigenvalue weighted by Crippen LogP contribution is 2.77. The fourth-order valence-corrected chi connectivity index (χ4v) is 8.81. The fourth-order valence-electron chi connectivity index (χ4n) is 8.81. The highest BCUT2D eigenvalue weighted by molar-refractivity contribution is 5.38. The Morgan fingerprint density at radius 3 is 2.62 bits per heavy atom. The first-order valence-corrected chi connectivity index (χ1v) is 11.4. The maximum atomic E-state index is 11.5. The van der Waals surface area contributed by atoms with Gasteiger partial charge < -0.3 is 19.4 Å². The molecule has 5 nitrogen and oxygen atoms in total. The SMILES string of the molecule is C[C@]12CC[C@H](O)C[C@H]1CC[C@@H]1[C@H]2CC[C@]2(C)[C@@H](c3ccc(=O)oc3)[C@@H](O)[C@H]3O[C@]132. The summed E-state index contributed by atoms with van der Waals surface area (Å²) in [6, 6.07) is 3.30. The molecular weight excluding hydrogens is 368 g/mol. The van der Waals surface area contributed by atoms with Crippen LogP contribution in [0.5, 0.6) is 0 Å². The smallest absolute Gasteiger partial charge is 0.335 e. The zero-order chi connectivity index (χ0) is 20.2. The molecule has 0 radical (unpaired) electrons. The van der Waals surface area contributed by atoms with Crippen molar-refractivity contribution in [3.05, 3.63) is 34.4 Å². The fraction of sp³-hybridized carbons (Fsp3) is 0.792. The Hall–Kier alpha value is -1.17. The molecule has 0 unspecified atom stereocenters. The Balaban J connectivity index is 1.38. The molecule has 1 spiro atoms. The Morgan fingerprint density at radius 2 is 1.86 bits per heavy atom. The van der Waals surface area contributed by atoms with E-state index in [1.54, 1.807) is 6.26 Å². The minimum atomic E-state index is -0.551. The van der Waals surface area contributed by atoms with Gasteiger partial charge in [0, 0.05) is 17.4 Å². The van der Waals surface area contributed by atoms with Gasteiger partial charge in [0.1, 0.15) is 11.7 Å². The van der Waals surface area contributed by atoms with Gasteiger partial charge in [0.05, 0.1) is 18.5 Å². The summed E-state index contributed by atoms with van der Waals surface area (Å²) in [4.78, 5) is 11.5. The van der Waals surface area contributed by atoms with E-state index in [0.717, 1.165) is 50.5 Å². The van der Waals surface area contributed by atoms with Gasteiger partial charge in [0.2, 0.25) is 0 Å². The number of epoxide rings is 1. The van der Waals surface area contributed by atoms with Crippen molar-refractivity contribution >= 4 is 0 Å². The number of rotatable bonds is 1. The van der Waals surface area contributed by atoms with Gasteiger partial charge in [-0.1, -0.05) is 13.8 Å². The summed E-state index contributed by atoms with van der Waals surface area (Å²) in [5.74, 6) is 1.63. The Labute approximate surface area is 171 Å². The summed E-state index contributed by atoms with van der Waals surface area (Å²) in [7, 11) is 0. The first kappa shape index (κ1) is 18.6. The summed E-state index contributed by atoms with van der Waals surface area (Å²) in [5.41, 5.74) is 0.457. The second-order valence-electron chi connectivity index (χ2n) is 11.1. The number of ether oxygens (including phenoxy) is 1. The summed E-state index contributed by atoms with van der Waals surface area (Å²) in [6.45, 7) is 4.76. The molecule has 5 heteroatoms. The van der Waals surface area contributed by atoms with Crippen molar-refractivity contribution in [1.82, 2.24) is 0 Å². The predicted molar refractivity (Wildman–Crippen MR) is 106 cm³/mol. The maximum absolute atomic E-state index is 11.5. The molecule has 158 valence electrons. The van der Waals surface area contributed by atoms with Gasteiger partial charge in [-0.05, 0) is 79.7 Å². The molecule has 1 saturated heterocycles. The molecule has 5 aliphatic rings. The highest BCUT2D eigenvalue weighted by Gasteiger charge is 2.83. The summed E-state index contributed by atoms with van der Waals surface area (Å²) < 4.78 is 11.6. The van der Waals surface area contributed by atoms with Gasteiger partial charge in [-0.25, -0.2) is 4.79 Å². The molecular formula is C24H32O5.